The highest BCUT2D eigenvalue weighted by molar-refractivity contribution is 5.94. The Bertz CT molecular complexity index is 919. The summed E-state index contributed by atoms with van der Waals surface area (Å²) in [4.78, 5) is 16.7. The lowest BCUT2D eigenvalue weighted by Crippen LogP contribution is -2.22. The molecule has 1 heterocycles. The topological polar surface area (TPSA) is 77.2 Å². The lowest BCUT2D eigenvalue weighted by Gasteiger charge is -2.04. The van der Waals surface area contributed by atoms with Gasteiger partial charge in [-0.15, -0.1) is 0 Å². The predicted octanol–water partition coefficient (Wildman–Crippen LogP) is 4.71. The number of carbonyl (C=O) groups is 1. The van der Waals surface area contributed by atoms with Gasteiger partial charge >= 0.3 is 0 Å². The maximum absolute atomic E-state index is 12.3. The Hall–Kier alpha value is -3.15. The van der Waals surface area contributed by atoms with Crippen molar-refractivity contribution in [1.29, 1.82) is 0 Å². The van der Waals surface area contributed by atoms with E-state index in [1.807, 2.05) is 19.1 Å². The number of benzene rings is 1. The molecule has 0 saturated heterocycles. The van der Waals surface area contributed by atoms with Crippen LogP contribution in [0.15, 0.2) is 58.7 Å². The van der Waals surface area contributed by atoms with Gasteiger partial charge < -0.3 is 14.6 Å². The van der Waals surface area contributed by atoms with Crippen LogP contribution in [-0.4, -0.2) is 23.2 Å². The molecule has 1 saturated carbocycles. The van der Waals surface area contributed by atoms with Gasteiger partial charge in [0.25, 0.3) is 5.91 Å². The molecule has 0 atom stereocenters. The molecule has 0 aliphatic heterocycles. The monoisotopic (exact) mass is 393 g/mol. The first kappa shape index (κ1) is 20.6. The summed E-state index contributed by atoms with van der Waals surface area (Å²) in [5.74, 6) is 2.03. The van der Waals surface area contributed by atoms with E-state index in [4.69, 9.17) is 9.26 Å². The van der Waals surface area contributed by atoms with Crippen molar-refractivity contribution < 1.29 is 14.1 Å². The van der Waals surface area contributed by atoms with Crippen molar-refractivity contribution in [3.05, 3.63) is 71.4 Å². The summed E-state index contributed by atoms with van der Waals surface area (Å²) in [5, 5.41) is 6.90. The Morgan fingerprint density at radius 3 is 2.69 bits per heavy atom. The molecule has 1 aliphatic carbocycles. The quantitative estimate of drug-likeness (QED) is 0.624. The first-order valence-electron chi connectivity index (χ1n) is 9.94. The minimum Gasteiger partial charge on any atom is -0.497 e. The van der Waals surface area contributed by atoms with Crippen molar-refractivity contribution in [2.24, 2.45) is 5.92 Å². The number of nitrogens with zero attached hydrogens (tertiary/aromatic N) is 2. The van der Waals surface area contributed by atoms with Crippen molar-refractivity contribution in [1.82, 2.24) is 15.5 Å². The van der Waals surface area contributed by atoms with Crippen LogP contribution < -0.4 is 10.1 Å². The molecule has 152 valence electrons. The molecule has 1 N–H and O–H groups in total. The van der Waals surface area contributed by atoms with Crippen LogP contribution in [0.2, 0.25) is 0 Å². The second-order valence-electron chi connectivity index (χ2n) is 6.91. The van der Waals surface area contributed by atoms with E-state index >= 15 is 0 Å². The summed E-state index contributed by atoms with van der Waals surface area (Å²) in [6, 6.07) is 6.91. The fourth-order valence-corrected chi connectivity index (χ4v) is 2.99. The highest BCUT2D eigenvalue weighted by Crippen LogP contribution is 2.38. The maximum atomic E-state index is 12.3. The summed E-state index contributed by atoms with van der Waals surface area (Å²) in [6.07, 6.45) is 11.8. The number of amides is 1. The Labute approximate surface area is 171 Å². The summed E-state index contributed by atoms with van der Waals surface area (Å²) in [7, 11) is 1.59. The first-order chi connectivity index (χ1) is 14.1. The molecular weight excluding hydrogens is 366 g/mol. The van der Waals surface area contributed by atoms with Gasteiger partial charge in [0.15, 0.2) is 0 Å². The third kappa shape index (κ3) is 5.67. The van der Waals surface area contributed by atoms with Crippen LogP contribution >= 0.6 is 0 Å². The molecule has 1 aliphatic rings. The zero-order valence-electron chi connectivity index (χ0n) is 17.1. The maximum Gasteiger partial charge on any atom is 0.251 e. The molecule has 3 rings (SSSR count). The van der Waals surface area contributed by atoms with Gasteiger partial charge in [0, 0.05) is 11.1 Å². The Morgan fingerprint density at radius 1 is 1.31 bits per heavy atom. The van der Waals surface area contributed by atoms with E-state index in [1.54, 1.807) is 31.4 Å². The van der Waals surface area contributed by atoms with Gasteiger partial charge in [-0.1, -0.05) is 30.3 Å². The van der Waals surface area contributed by atoms with Gasteiger partial charge in [-0.3, -0.25) is 4.79 Å². The van der Waals surface area contributed by atoms with Gasteiger partial charge in [-0.2, -0.15) is 4.98 Å². The summed E-state index contributed by atoms with van der Waals surface area (Å²) in [5.41, 5.74) is 2.79. The third-order valence-corrected chi connectivity index (χ3v) is 4.64. The van der Waals surface area contributed by atoms with Crippen LogP contribution in [0, 0.1) is 5.92 Å². The van der Waals surface area contributed by atoms with Crippen molar-refractivity contribution in [2.75, 3.05) is 7.11 Å². The normalized spacial score (nSPS) is 15.0. The zero-order valence-corrected chi connectivity index (χ0v) is 17.1. The molecule has 1 aromatic carbocycles. The lowest BCUT2D eigenvalue weighted by molar-refractivity contribution is 0.0946. The Morgan fingerprint density at radius 2 is 2.07 bits per heavy atom. The number of aromatic nitrogens is 2. The molecule has 6 heteroatoms. The predicted molar refractivity (Wildman–Crippen MR) is 112 cm³/mol. The highest BCUT2D eigenvalue weighted by atomic mass is 16.5. The fourth-order valence-electron chi connectivity index (χ4n) is 2.99. The van der Waals surface area contributed by atoms with Gasteiger partial charge in [0.1, 0.15) is 5.75 Å². The van der Waals surface area contributed by atoms with Gasteiger partial charge in [-0.05, 0) is 68.0 Å². The van der Waals surface area contributed by atoms with Crippen molar-refractivity contribution >= 4 is 11.5 Å². The number of methoxy groups -OCH3 is 1. The highest BCUT2D eigenvalue weighted by Gasteiger charge is 2.25. The van der Waals surface area contributed by atoms with E-state index in [0.29, 0.717) is 28.9 Å². The molecule has 0 unspecified atom stereocenters. The smallest absolute Gasteiger partial charge is 0.251 e. The van der Waals surface area contributed by atoms with Crippen LogP contribution in [0.25, 0.3) is 5.57 Å². The Kier molecular flexibility index (Phi) is 7.00. The standard InChI is InChI=1S/C23H27N3O3/c1-4-6-18(16-8-9-16)14-19(7-5-2)22-25-21(29-26-22)15-24-23(27)17-10-12-20(28-3)13-11-17/h5-7,10-14,16H,4,8-9,15H2,1-3H3,(H,24,27)/b7-5-,18-6-,19-14+. The van der Waals surface area contributed by atoms with Gasteiger partial charge in [0.05, 0.1) is 13.7 Å². The zero-order chi connectivity index (χ0) is 20.6. The number of carbonyl (C=O) groups excluding carboxylic acids is 1. The van der Waals surface area contributed by atoms with Crippen LogP contribution in [0.1, 0.15) is 55.2 Å². The van der Waals surface area contributed by atoms with Crippen molar-refractivity contribution in [3.8, 4) is 5.75 Å². The minimum atomic E-state index is -0.210. The van der Waals surface area contributed by atoms with Crippen LogP contribution in [0.3, 0.4) is 0 Å². The number of ether oxygens (including phenoxy) is 1. The Balaban J connectivity index is 1.67. The van der Waals surface area contributed by atoms with Gasteiger partial charge in [0.2, 0.25) is 11.7 Å². The molecule has 1 aromatic heterocycles. The van der Waals surface area contributed by atoms with Crippen molar-refractivity contribution in [3.63, 3.8) is 0 Å². The number of nitrogens with one attached hydrogen (secondary N) is 1. The van der Waals surface area contributed by atoms with Crippen LogP contribution in [0.5, 0.6) is 5.75 Å². The third-order valence-electron chi connectivity index (χ3n) is 4.64. The molecule has 6 nitrogen and oxygen atoms in total. The first-order valence-corrected chi connectivity index (χ1v) is 9.94. The second kappa shape index (κ2) is 9.87. The summed E-state index contributed by atoms with van der Waals surface area (Å²) >= 11 is 0. The van der Waals surface area contributed by atoms with E-state index in [-0.39, 0.29) is 12.5 Å². The van der Waals surface area contributed by atoms with E-state index in [0.717, 1.165) is 12.0 Å². The lowest BCUT2D eigenvalue weighted by atomic mass is 10.1. The molecule has 0 bridgehead atoms. The van der Waals surface area contributed by atoms with Crippen LogP contribution in [0.4, 0.5) is 0 Å². The summed E-state index contributed by atoms with van der Waals surface area (Å²) < 4.78 is 10.4. The minimum absolute atomic E-state index is 0.168. The average Bonchev–Trinajstić information content (AvgIpc) is 3.49. The molecular formula is C23H27N3O3. The summed E-state index contributed by atoms with van der Waals surface area (Å²) in [6.45, 7) is 4.27. The van der Waals surface area contributed by atoms with E-state index in [1.165, 1.54) is 18.4 Å². The van der Waals surface area contributed by atoms with Crippen LogP contribution in [-0.2, 0) is 6.54 Å². The molecule has 0 radical (unpaired) electrons. The second-order valence-corrected chi connectivity index (χ2v) is 6.91. The number of hydrogen-bond donors (Lipinski definition) is 1. The molecule has 29 heavy (non-hydrogen) atoms. The van der Waals surface area contributed by atoms with E-state index in [2.05, 4.69) is 34.5 Å². The van der Waals surface area contributed by atoms with E-state index < -0.39 is 0 Å². The SMILES string of the molecule is C\C=C/C(=C\C(=C\CC)C1CC1)c1noc(CNC(=O)c2ccc(OC)cc2)n1. The number of rotatable bonds is 9. The largest absolute Gasteiger partial charge is 0.497 e. The number of hydrogen-bond acceptors (Lipinski definition) is 5. The fraction of sp³-hybridized carbons (Fsp3) is 0.348. The van der Waals surface area contributed by atoms with E-state index in [9.17, 15) is 4.79 Å². The molecule has 1 amide bonds. The number of allylic oxidation sites excluding steroid dienone is 6. The van der Waals surface area contributed by atoms with Gasteiger partial charge in [-0.25, -0.2) is 0 Å². The average molecular weight is 393 g/mol. The molecule has 0 spiro atoms. The molecule has 1 fully saturated rings. The molecule has 2 aromatic rings. The van der Waals surface area contributed by atoms with Crippen molar-refractivity contribution in [2.45, 2.75) is 39.7 Å².